The molecule has 0 heterocycles. The second-order valence-corrected chi connectivity index (χ2v) is 7.28. The lowest BCUT2D eigenvalue weighted by Crippen LogP contribution is -2.24. The molecule has 120 valence electrons. The third-order valence-corrected chi connectivity index (χ3v) is 4.37. The molecule has 0 unspecified atom stereocenters. The standard InChI is InChI=1S/C15H26N2O3S/c1-12(2)16-9-5-6-10-21(18,19)17-14-11-13(3)7-8-15(14)20-4/h7-8,11-12,16-17H,5-6,9-10H2,1-4H3. The number of hydrogen-bond acceptors (Lipinski definition) is 4. The zero-order valence-corrected chi connectivity index (χ0v) is 14.1. The van der Waals surface area contributed by atoms with Gasteiger partial charge in [0.1, 0.15) is 5.75 Å². The maximum Gasteiger partial charge on any atom is 0.232 e. The van der Waals surface area contributed by atoms with Gasteiger partial charge in [-0.2, -0.15) is 0 Å². The van der Waals surface area contributed by atoms with Gasteiger partial charge in [-0.15, -0.1) is 0 Å². The second kappa shape index (κ2) is 8.24. The van der Waals surface area contributed by atoms with Gasteiger partial charge in [-0.1, -0.05) is 19.9 Å². The van der Waals surface area contributed by atoms with Crippen molar-refractivity contribution < 1.29 is 13.2 Å². The highest BCUT2D eigenvalue weighted by Crippen LogP contribution is 2.26. The smallest absolute Gasteiger partial charge is 0.232 e. The van der Waals surface area contributed by atoms with Crippen LogP contribution in [0.25, 0.3) is 0 Å². The van der Waals surface area contributed by atoms with Gasteiger partial charge in [0, 0.05) is 6.04 Å². The largest absolute Gasteiger partial charge is 0.495 e. The molecule has 6 heteroatoms. The Balaban J connectivity index is 2.54. The molecule has 0 aromatic heterocycles. The number of methoxy groups -OCH3 is 1. The number of unbranched alkanes of at least 4 members (excludes halogenated alkanes) is 1. The molecule has 1 aromatic carbocycles. The van der Waals surface area contributed by atoms with E-state index in [0.717, 1.165) is 18.5 Å². The van der Waals surface area contributed by atoms with Crippen molar-refractivity contribution in [3.63, 3.8) is 0 Å². The maximum atomic E-state index is 12.1. The van der Waals surface area contributed by atoms with E-state index in [1.54, 1.807) is 12.1 Å². The molecule has 0 amide bonds. The van der Waals surface area contributed by atoms with Crippen molar-refractivity contribution in [1.29, 1.82) is 0 Å². The highest BCUT2D eigenvalue weighted by molar-refractivity contribution is 7.92. The monoisotopic (exact) mass is 314 g/mol. The van der Waals surface area contributed by atoms with Crippen molar-refractivity contribution in [3.8, 4) is 5.75 Å². The fourth-order valence-electron chi connectivity index (χ4n) is 1.93. The summed E-state index contributed by atoms with van der Waals surface area (Å²) < 4.78 is 32.0. The Hall–Kier alpha value is -1.27. The fraction of sp³-hybridized carbons (Fsp3) is 0.600. The van der Waals surface area contributed by atoms with E-state index in [9.17, 15) is 8.42 Å². The summed E-state index contributed by atoms with van der Waals surface area (Å²) in [4.78, 5) is 0. The molecule has 0 saturated heterocycles. The van der Waals surface area contributed by atoms with E-state index in [-0.39, 0.29) is 5.75 Å². The van der Waals surface area contributed by atoms with Crippen LogP contribution in [0.4, 0.5) is 5.69 Å². The lowest BCUT2D eigenvalue weighted by Gasteiger charge is -2.13. The summed E-state index contributed by atoms with van der Waals surface area (Å²) in [7, 11) is -1.81. The van der Waals surface area contributed by atoms with Crippen LogP contribution in [0.3, 0.4) is 0 Å². The van der Waals surface area contributed by atoms with Gasteiger partial charge in [0.15, 0.2) is 0 Å². The summed E-state index contributed by atoms with van der Waals surface area (Å²) in [6.07, 6.45) is 1.47. The summed E-state index contributed by atoms with van der Waals surface area (Å²) in [5.74, 6) is 0.648. The molecule has 0 saturated carbocycles. The molecule has 0 fully saturated rings. The highest BCUT2D eigenvalue weighted by atomic mass is 32.2. The number of rotatable bonds is 9. The van der Waals surface area contributed by atoms with E-state index in [1.165, 1.54) is 7.11 Å². The molecule has 1 rings (SSSR count). The third kappa shape index (κ3) is 6.82. The maximum absolute atomic E-state index is 12.1. The van der Waals surface area contributed by atoms with Crippen LogP contribution in [0.15, 0.2) is 18.2 Å². The summed E-state index contributed by atoms with van der Waals surface area (Å²) in [5.41, 5.74) is 1.48. The normalized spacial score (nSPS) is 11.7. The Morgan fingerprint density at radius 1 is 1.24 bits per heavy atom. The van der Waals surface area contributed by atoms with E-state index < -0.39 is 10.0 Å². The van der Waals surface area contributed by atoms with Crippen LogP contribution in [-0.2, 0) is 10.0 Å². The van der Waals surface area contributed by atoms with Gasteiger partial charge < -0.3 is 10.1 Å². The Kier molecular flexibility index (Phi) is 6.98. The number of aryl methyl sites for hydroxylation is 1. The molecule has 0 aliphatic heterocycles. The van der Waals surface area contributed by atoms with Crippen LogP contribution in [0.2, 0.25) is 0 Å². The first-order chi connectivity index (χ1) is 9.84. The van der Waals surface area contributed by atoms with Crippen molar-refractivity contribution in [2.75, 3.05) is 24.1 Å². The topological polar surface area (TPSA) is 67.4 Å². The van der Waals surface area contributed by atoms with Crippen molar-refractivity contribution in [3.05, 3.63) is 23.8 Å². The van der Waals surface area contributed by atoms with Crippen molar-refractivity contribution in [2.24, 2.45) is 0 Å². The first kappa shape index (κ1) is 17.8. The highest BCUT2D eigenvalue weighted by Gasteiger charge is 2.13. The van der Waals surface area contributed by atoms with Gasteiger partial charge in [0.2, 0.25) is 10.0 Å². The first-order valence-electron chi connectivity index (χ1n) is 7.22. The van der Waals surface area contributed by atoms with Gasteiger partial charge in [-0.25, -0.2) is 8.42 Å². The second-order valence-electron chi connectivity index (χ2n) is 5.44. The summed E-state index contributed by atoms with van der Waals surface area (Å²) >= 11 is 0. The quantitative estimate of drug-likeness (QED) is 0.687. The number of anilines is 1. The lowest BCUT2D eigenvalue weighted by molar-refractivity contribution is 0.417. The molecule has 2 N–H and O–H groups in total. The fourth-order valence-corrected chi connectivity index (χ4v) is 3.11. The van der Waals surface area contributed by atoms with Crippen LogP contribution in [0.1, 0.15) is 32.3 Å². The summed E-state index contributed by atoms with van der Waals surface area (Å²) in [6.45, 7) is 6.89. The molecule has 0 atom stereocenters. The molecule has 0 spiro atoms. The van der Waals surface area contributed by atoms with E-state index >= 15 is 0 Å². The molecular weight excluding hydrogens is 288 g/mol. The van der Waals surface area contributed by atoms with Crippen LogP contribution >= 0.6 is 0 Å². The van der Waals surface area contributed by atoms with E-state index in [2.05, 4.69) is 23.9 Å². The Morgan fingerprint density at radius 2 is 1.95 bits per heavy atom. The van der Waals surface area contributed by atoms with E-state index in [0.29, 0.717) is 23.9 Å². The van der Waals surface area contributed by atoms with Crippen molar-refractivity contribution in [2.45, 2.75) is 39.7 Å². The minimum absolute atomic E-state index is 0.115. The minimum Gasteiger partial charge on any atom is -0.495 e. The van der Waals surface area contributed by atoms with Gasteiger partial charge in [-0.05, 0) is 44.0 Å². The minimum atomic E-state index is -3.34. The SMILES string of the molecule is COc1ccc(C)cc1NS(=O)(=O)CCCCNC(C)C. The predicted octanol–water partition coefficient (Wildman–Crippen LogP) is 2.52. The number of hydrogen-bond donors (Lipinski definition) is 2. The van der Waals surface area contributed by atoms with E-state index in [4.69, 9.17) is 4.74 Å². The third-order valence-electron chi connectivity index (χ3n) is 3.01. The average molecular weight is 314 g/mol. The van der Waals surface area contributed by atoms with Crippen LogP contribution in [-0.4, -0.2) is 33.9 Å². The number of ether oxygens (including phenoxy) is 1. The van der Waals surface area contributed by atoms with E-state index in [1.807, 2.05) is 13.0 Å². The Morgan fingerprint density at radius 3 is 2.57 bits per heavy atom. The molecule has 0 aliphatic rings. The molecule has 5 nitrogen and oxygen atoms in total. The van der Waals surface area contributed by atoms with Crippen molar-refractivity contribution >= 4 is 15.7 Å². The summed E-state index contributed by atoms with van der Waals surface area (Å²) in [6, 6.07) is 5.85. The molecular formula is C15H26N2O3S. The Bertz CT molecular complexity index is 542. The number of benzene rings is 1. The molecule has 0 aliphatic carbocycles. The van der Waals surface area contributed by atoms with Crippen LogP contribution < -0.4 is 14.8 Å². The predicted molar refractivity (Wildman–Crippen MR) is 87.5 cm³/mol. The zero-order valence-electron chi connectivity index (χ0n) is 13.3. The lowest BCUT2D eigenvalue weighted by atomic mass is 10.2. The molecule has 0 radical (unpaired) electrons. The first-order valence-corrected chi connectivity index (χ1v) is 8.88. The van der Waals surface area contributed by atoms with Gasteiger partial charge in [0.05, 0.1) is 18.6 Å². The van der Waals surface area contributed by atoms with Crippen LogP contribution in [0, 0.1) is 6.92 Å². The average Bonchev–Trinajstić information content (AvgIpc) is 2.37. The van der Waals surface area contributed by atoms with Gasteiger partial charge in [-0.3, -0.25) is 4.72 Å². The zero-order chi connectivity index (χ0) is 15.9. The number of nitrogens with one attached hydrogen (secondary N) is 2. The molecule has 1 aromatic rings. The Labute approximate surface area is 128 Å². The molecule has 0 bridgehead atoms. The van der Waals surface area contributed by atoms with Gasteiger partial charge >= 0.3 is 0 Å². The molecule has 21 heavy (non-hydrogen) atoms. The van der Waals surface area contributed by atoms with Gasteiger partial charge in [0.25, 0.3) is 0 Å². The van der Waals surface area contributed by atoms with Crippen molar-refractivity contribution in [1.82, 2.24) is 5.32 Å². The summed E-state index contributed by atoms with van der Waals surface area (Å²) in [5, 5.41) is 3.27. The van der Waals surface area contributed by atoms with Crippen LogP contribution in [0.5, 0.6) is 5.75 Å². The number of sulfonamides is 1.